The van der Waals surface area contributed by atoms with Gasteiger partial charge in [0, 0.05) is 27.3 Å². The average molecular weight is 274 g/mol. The van der Waals surface area contributed by atoms with Crippen LogP contribution in [0.3, 0.4) is 0 Å². The summed E-state index contributed by atoms with van der Waals surface area (Å²) in [7, 11) is 0. The molecule has 0 spiro atoms. The number of rotatable bonds is 6. The van der Waals surface area contributed by atoms with Gasteiger partial charge in [-0.3, -0.25) is 0 Å². The molecule has 0 saturated carbocycles. The van der Waals surface area contributed by atoms with E-state index in [1.165, 1.54) is 9.35 Å². The summed E-state index contributed by atoms with van der Waals surface area (Å²) in [5.74, 6) is 0. The minimum absolute atomic E-state index is 0.564. The molecule has 0 amide bonds. The molecule has 1 aromatic heterocycles. The third-order valence-electron chi connectivity index (χ3n) is 2.05. The van der Waals surface area contributed by atoms with Crippen molar-refractivity contribution in [1.82, 2.24) is 5.32 Å². The molecule has 0 aliphatic heterocycles. The number of nitrogens with one attached hydrogen (secondary N) is 1. The second-order valence-corrected chi connectivity index (χ2v) is 5.29. The van der Waals surface area contributed by atoms with Crippen molar-refractivity contribution in [1.29, 1.82) is 0 Å². The van der Waals surface area contributed by atoms with E-state index in [1.807, 2.05) is 6.08 Å². The van der Waals surface area contributed by atoms with Crippen molar-refractivity contribution in [3.63, 3.8) is 0 Å². The van der Waals surface area contributed by atoms with Gasteiger partial charge < -0.3 is 5.32 Å². The highest BCUT2D eigenvalue weighted by Crippen LogP contribution is 2.19. The predicted octanol–water partition coefficient (Wildman–Crippen LogP) is 3.95. The van der Waals surface area contributed by atoms with Crippen molar-refractivity contribution < 1.29 is 0 Å². The van der Waals surface area contributed by atoms with Crippen molar-refractivity contribution in [3.8, 4) is 0 Å². The number of thiophene rings is 1. The molecule has 0 aliphatic rings. The van der Waals surface area contributed by atoms with E-state index in [0.29, 0.717) is 6.04 Å². The highest BCUT2D eigenvalue weighted by atomic mass is 79.9. The quantitative estimate of drug-likeness (QED) is 0.774. The lowest BCUT2D eigenvalue weighted by Crippen LogP contribution is -2.24. The van der Waals surface area contributed by atoms with Gasteiger partial charge in [0.25, 0.3) is 0 Å². The van der Waals surface area contributed by atoms with Crippen LogP contribution in [0, 0.1) is 0 Å². The molecule has 1 nitrogen and oxygen atoms in total. The number of hydrogen-bond acceptors (Lipinski definition) is 2. The van der Waals surface area contributed by atoms with E-state index in [4.69, 9.17) is 0 Å². The standard InChI is InChI=1S/C11H16BrNS/c1-3-4-5-9(2)13-7-11-6-10(12)8-14-11/h3,6,8-9,13H,1,4-5,7H2,2H3/t9-/m0/s1. The Morgan fingerprint density at radius 3 is 3.07 bits per heavy atom. The lowest BCUT2D eigenvalue weighted by atomic mass is 10.2. The smallest absolute Gasteiger partial charge is 0.0302 e. The minimum atomic E-state index is 0.564. The fourth-order valence-corrected chi connectivity index (χ4v) is 2.59. The predicted molar refractivity (Wildman–Crippen MR) is 67.8 cm³/mol. The molecule has 0 aliphatic carbocycles. The van der Waals surface area contributed by atoms with Crippen molar-refractivity contribution in [2.24, 2.45) is 0 Å². The maximum absolute atomic E-state index is 3.72. The Morgan fingerprint density at radius 2 is 2.50 bits per heavy atom. The summed E-state index contributed by atoms with van der Waals surface area (Å²) >= 11 is 5.24. The second kappa shape index (κ2) is 6.38. The van der Waals surface area contributed by atoms with Gasteiger partial charge >= 0.3 is 0 Å². The minimum Gasteiger partial charge on any atom is -0.309 e. The first kappa shape index (κ1) is 12.0. The summed E-state index contributed by atoms with van der Waals surface area (Å²) in [5.41, 5.74) is 0. The van der Waals surface area contributed by atoms with Crippen LogP contribution in [0.2, 0.25) is 0 Å². The van der Waals surface area contributed by atoms with E-state index >= 15 is 0 Å². The van der Waals surface area contributed by atoms with Gasteiger partial charge in [0.05, 0.1) is 0 Å². The van der Waals surface area contributed by atoms with Gasteiger partial charge in [-0.2, -0.15) is 0 Å². The van der Waals surface area contributed by atoms with Crippen LogP contribution in [0.5, 0.6) is 0 Å². The molecule has 1 rings (SSSR count). The summed E-state index contributed by atoms with van der Waals surface area (Å²) < 4.78 is 1.18. The molecule has 0 bridgehead atoms. The molecular formula is C11H16BrNS. The largest absolute Gasteiger partial charge is 0.309 e. The van der Waals surface area contributed by atoms with E-state index < -0.39 is 0 Å². The number of allylic oxidation sites excluding steroid dienone is 1. The van der Waals surface area contributed by atoms with Gasteiger partial charge in [0.15, 0.2) is 0 Å². The number of halogens is 1. The summed E-state index contributed by atoms with van der Waals surface area (Å²) in [6.45, 7) is 6.90. The van der Waals surface area contributed by atoms with Gasteiger partial charge in [0.1, 0.15) is 0 Å². The molecular weight excluding hydrogens is 258 g/mol. The first-order valence-corrected chi connectivity index (χ1v) is 6.47. The Hall–Kier alpha value is -0.120. The highest BCUT2D eigenvalue weighted by molar-refractivity contribution is 9.10. The monoisotopic (exact) mass is 273 g/mol. The molecule has 78 valence electrons. The van der Waals surface area contributed by atoms with E-state index in [0.717, 1.165) is 19.4 Å². The zero-order valence-corrected chi connectivity index (χ0v) is 10.8. The van der Waals surface area contributed by atoms with Crippen molar-refractivity contribution in [3.05, 3.63) is 33.5 Å². The highest BCUT2D eigenvalue weighted by Gasteiger charge is 2.01. The molecule has 1 aromatic rings. The first-order chi connectivity index (χ1) is 6.72. The van der Waals surface area contributed by atoms with Gasteiger partial charge in [-0.25, -0.2) is 0 Å². The normalized spacial score (nSPS) is 12.7. The van der Waals surface area contributed by atoms with E-state index in [1.54, 1.807) is 11.3 Å². The molecule has 0 aromatic carbocycles. The van der Waals surface area contributed by atoms with Crippen LogP contribution < -0.4 is 5.32 Å². The summed E-state index contributed by atoms with van der Waals surface area (Å²) in [5, 5.41) is 5.61. The summed E-state index contributed by atoms with van der Waals surface area (Å²) in [6.07, 6.45) is 4.22. The second-order valence-electron chi connectivity index (χ2n) is 3.38. The molecule has 0 saturated heterocycles. The van der Waals surface area contributed by atoms with Gasteiger partial charge in [-0.15, -0.1) is 17.9 Å². The van der Waals surface area contributed by atoms with E-state index in [9.17, 15) is 0 Å². The molecule has 0 fully saturated rings. The van der Waals surface area contributed by atoms with Crippen molar-refractivity contribution >= 4 is 27.3 Å². The molecule has 0 radical (unpaired) electrons. The molecule has 1 N–H and O–H groups in total. The summed E-state index contributed by atoms with van der Waals surface area (Å²) in [4.78, 5) is 1.38. The maximum atomic E-state index is 3.72. The first-order valence-electron chi connectivity index (χ1n) is 4.79. The molecule has 1 heterocycles. The zero-order valence-electron chi connectivity index (χ0n) is 8.42. The Labute approximate surface area is 98.4 Å². The molecule has 14 heavy (non-hydrogen) atoms. The molecule has 1 atom stereocenters. The number of hydrogen-bond donors (Lipinski definition) is 1. The average Bonchev–Trinajstić information content (AvgIpc) is 2.58. The van der Waals surface area contributed by atoms with Crippen LogP contribution >= 0.6 is 27.3 Å². The Kier molecular flexibility index (Phi) is 5.45. The molecule has 3 heteroatoms. The lowest BCUT2D eigenvalue weighted by molar-refractivity contribution is 0.521. The fraction of sp³-hybridized carbons (Fsp3) is 0.455. The van der Waals surface area contributed by atoms with Crippen LogP contribution in [0.4, 0.5) is 0 Å². The maximum Gasteiger partial charge on any atom is 0.0302 e. The van der Waals surface area contributed by atoms with Crippen molar-refractivity contribution in [2.75, 3.05) is 0 Å². The third-order valence-corrected chi connectivity index (χ3v) is 3.75. The van der Waals surface area contributed by atoms with Gasteiger partial charge in [0.2, 0.25) is 0 Å². The SMILES string of the molecule is C=CCC[C@H](C)NCc1cc(Br)cs1. The Morgan fingerprint density at radius 1 is 1.71 bits per heavy atom. The zero-order chi connectivity index (χ0) is 10.4. The van der Waals surface area contributed by atoms with Crippen molar-refractivity contribution in [2.45, 2.75) is 32.4 Å². The van der Waals surface area contributed by atoms with Crippen LogP contribution in [0.1, 0.15) is 24.6 Å². The Bertz CT molecular complexity index is 283. The van der Waals surface area contributed by atoms with Crippen LogP contribution in [-0.4, -0.2) is 6.04 Å². The Balaban J connectivity index is 2.23. The van der Waals surface area contributed by atoms with Gasteiger partial charge in [-0.1, -0.05) is 6.08 Å². The van der Waals surface area contributed by atoms with Crippen LogP contribution in [0.25, 0.3) is 0 Å². The lowest BCUT2D eigenvalue weighted by Gasteiger charge is -2.11. The van der Waals surface area contributed by atoms with Gasteiger partial charge in [-0.05, 0) is 41.8 Å². The topological polar surface area (TPSA) is 12.0 Å². The van der Waals surface area contributed by atoms with Crippen LogP contribution in [-0.2, 0) is 6.54 Å². The van der Waals surface area contributed by atoms with Crippen LogP contribution in [0.15, 0.2) is 28.6 Å². The van der Waals surface area contributed by atoms with E-state index in [-0.39, 0.29) is 0 Å². The summed E-state index contributed by atoms with van der Waals surface area (Å²) in [6, 6.07) is 2.73. The van der Waals surface area contributed by atoms with E-state index in [2.05, 4.69) is 46.2 Å². The molecule has 0 unspecified atom stereocenters. The third kappa shape index (κ3) is 4.40. The fourth-order valence-electron chi connectivity index (χ4n) is 1.19.